The van der Waals surface area contributed by atoms with Crippen LogP contribution < -0.4 is 5.73 Å². The van der Waals surface area contributed by atoms with E-state index >= 15 is 0 Å². The number of hydrogen-bond donors (Lipinski definition) is 2. The number of carbonyl (C=O) groups is 1. The average Bonchev–Trinajstić information content (AvgIpc) is 2.49. The molecule has 0 spiro atoms. The van der Waals surface area contributed by atoms with Crippen LogP contribution in [0.15, 0.2) is 24.3 Å². The molecule has 3 rings (SSSR count). The van der Waals surface area contributed by atoms with Crippen molar-refractivity contribution in [3.8, 4) is 0 Å². The second-order valence-corrected chi connectivity index (χ2v) is 6.97. The summed E-state index contributed by atoms with van der Waals surface area (Å²) >= 11 is 0. The van der Waals surface area contributed by atoms with E-state index in [0.717, 1.165) is 19.3 Å². The van der Waals surface area contributed by atoms with Gasteiger partial charge in [-0.05, 0) is 43.7 Å². The Kier molecular flexibility index (Phi) is 4.00. The van der Waals surface area contributed by atoms with Gasteiger partial charge in [0.25, 0.3) is 0 Å². The maximum absolute atomic E-state index is 13.2. The van der Waals surface area contributed by atoms with Gasteiger partial charge >= 0.3 is 0 Å². The van der Waals surface area contributed by atoms with Crippen molar-refractivity contribution in [1.29, 1.82) is 0 Å². The molecule has 0 aromatic heterocycles. The van der Waals surface area contributed by atoms with E-state index in [4.69, 9.17) is 5.73 Å². The molecule has 1 aliphatic heterocycles. The van der Waals surface area contributed by atoms with E-state index in [1.54, 1.807) is 0 Å². The van der Waals surface area contributed by atoms with Gasteiger partial charge in [-0.2, -0.15) is 0 Å². The molecule has 120 valence electrons. The molecule has 0 unspecified atom stereocenters. The van der Waals surface area contributed by atoms with Gasteiger partial charge in [0.15, 0.2) is 0 Å². The van der Waals surface area contributed by atoms with Crippen LogP contribution >= 0.6 is 0 Å². The fourth-order valence-corrected chi connectivity index (χ4v) is 3.87. The summed E-state index contributed by atoms with van der Waals surface area (Å²) in [5, 5.41) is 10.3. The van der Waals surface area contributed by atoms with Crippen LogP contribution in [0.2, 0.25) is 0 Å². The number of rotatable bonds is 3. The number of nitrogens with zero attached hydrogens (tertiary/aromatic N) is 1. The zero-order valence-corrected chi connectivity index (χ0v) is 13.3. The first-order chi connectivity index (χ1) is 10.5. The fraction of sp³-hybridized carbons (Fsp3) is 0.611. The average molecular weight is 302 g/mol. The predicted octanol–water partition coefficient (Wildman–Crippen LogP) is 1.73. The van der Waals surface area contributed by atoms with Crippen molar-refractivity contribution in [2.75, 3.05) is 19.6 Å². The Hall–Kier alpha value is -1.39. The Morgan fingerprint density at radius 2 is 1.86 bits per heavy atom. The summed E-state index contributed by atoms with van der Waals surface area (Å²) in [5.41, 5.74) is 6.91. The molecule has 1 saturated carbocycles. The van der Waals surface area contributed by atoms with Crippen molar-refractivity contribution in [1.82, 2.24) is 4.90 Å². The summed E-state index contributed by atoms with van der Waals surface area (Å²) in [5.74, 6) is 0.243. The number of aliphatic hydroxyl groups is 1. The third kappa shape index (κ3) is 2.44. The third-order valence-electron chi connectivity index (χ3n) is 5.64. The minimum absolute atomic E-state index is 0.243. The van der Waals surface area contributed by atoms with Gasteiger partial charge in [0, 0.05) is 19.6 Å². The van der Waals surface area contributed by atoms with Gasteiger partial charge in [0.1, 0.15) is 0 Å². The Labute approximate surface area is 132 Å². The smallest absolute Gasteiger partial charge is 0.233 e. The Morgan fingerprint density at radius 3 is 2.36 bits per heavy atom. The lowest BCUT2D eigenvalue weighted by Crippen LogP contribution is -2.56. The molecule has 4 heteroatoms. The van der Waals surface area contributed by atoms with E-state index in [1.807, 2.05) is 17.0 Å². The third-order valence-corrected chi connectivity index (χ3v) is 5.64. The molecule has 0 bridgehead atoms. The molecule has 2 aliphatic rings. The molecule has 1 aromatic rings. The summed E-state index contributed by atoms with van der Waals surface area (Å²) in [6, 6.07) is 8.25. The second kappa shape index (κ2) is 5.67. The van der Waals surface area contributed by atoms with Gasteiger partial charge < -0.3 is 15.7 Å². The van der Waals surface area contributed by atoms with E-state index < -0.39 is 5.60 Å². The van der Waals surface area contributed by atoms with E-state index in [-0.39, 0.29) is 17.9 Å². The van der Waals surface area contributed by atoms with Crippen LogP contribution in [-0.4, -0.2) is 41.1 Å². The quantitative estimate of drug-likeness (QED) is 0.893. The molecule has 1 amide bonds. The van der Waals surface area contributed by atoms with Crippen molar-refractivity contribution >= 4 is 5.91 Å². The zero-order valence-electron chi connectivity index (χ0n) is 13.3. The molecule has 22 heavy (non-hydrogen) atoms. The highest BCUT2D eigenvalue weighted by atomic mass is 16.3. The Morgan fingerprint density at radius 1 is 1.23 bits per heavy atom. The number of hydrogen-bond acceptors (Lipinski definition) is 3. The summed E-state index contributed by atoms with van der Waals surface area (Å²) in [6.07, 6.45) is 4.15. The van der Waals surface area contributed by atoms with Crippen molar-refractivity contribution in [2.24, 2.45) is 5.73 Å². The monoisotopic (exact) mass is 302 g/mol. The van der Waals surface area contributed by atoms with Gasteiger partial charge in [-0.25, -0.2) is 0 Å². The first kappa shape index (κ1) is 15.5. The minimum Gasteiger partial charge on any atom is -0.388 e. The fourth-order valence-electron chi connectivity index (χ4n) is 3.87. The van der Waals surface area contributed by atoms with Crippen LogP contribution in [0.5, 0.6) is 0 Å². The topological polar surface area (TPSA) is 66.6 Å². The lowest BCUT2D eigenvalue weighted by atomic mass is 9.62. The van der Waals surface area contributed by atoms with Crippen molar-refractivity contribution in [2.45, 2.75) is 50.0 Å². The molecule has 0 radical (unpaired) electrons. The van der Waals surface area contributed by atoms with Gasteiger partial charge in [0.2, 0.25) is 5.91 Å². The largest absolute Gasteiger partial charge is 0.388 e. The van der Waals surface area contributed by atoms with Gasteiger partial charge in [-0.1, -0.05) is 30.7 Å². The molecule has 1 saturated heterocycles. The molecule has 3 N–H and O–H groups in total. The maximum Gasteiger partial charge on any atom is 0.233 e. The van der Waals surface area contributed by atoms with Crippen LogP contribution in [-0.2, 0) is 10.2 Å². The van der Waals surface area contributed by atoms with Crippen LogP contribution in [0, 0.1) is 6.92 Å². The molecular weight excluding hydrogens is 276 g/mol. The lowest BCUT2D eigenvalue weighted by Gasteiger charge is -2.47. The van der Waals surface area contributed by atoms with Crippen LogP contribution in [0.4, 0.5) is 0 Å². The first-order valence-electron chi connectivity index (χ1n) is 8.29. The number of likely N-dealkylation sites (tertiary alicyclic amines) is 1. The molecule has 2 fully saturated rings. The molecule has 0 atom stereocenters. The minimum atomic E-state index is -0.785. The molecule has 1 heterocycles. The molecule has 1 aromatic carbocycles. The van der Waals surface area contributed by atoms with E-state index in [9.17, 15) is 9.90 Å². The number of nitrogens with two attached hydrogens (primary N) is 1. The van der Waals surface area contributed by atoms with Crippen LogP contribution in [0.25, 0.3) is 0 Å². The van der Waals surface area contributed by atoms with Crippen LogP contribution in [0.1, 0.15) is 43.2 Å². The van der Waals surface area contributed by atoms with Gasteiger partial charge in [-0.3, -0.25) is 4.79 Å². The summed E-state index contributed by atoms with van der Waals surface area (Å²) in [6.45, 7) is 3.59. The number of amides is 1. The number of aryl methyl sites for hydroxylation is 1. The highest BCUT2D eigenvalue weighted by Gasteiger charge is 2.49. The second-order valence-electron chi connectivity index (χ2n) is 6.97. The normalized spacial score (nSPS) is 23.0. The number of carbonyl (C=O) groups excluding carboxylic acids is 1. The predicted molar refractivity (Wildman–Crippen MR) is 86.5 cm³/mol. The van der Waals surface area contributed by atoms with Crippen molar-refractivity contribution in [3.63, 3.8) is 0 Å². The highest BCUT2D eigenvalue weighted by molar-refractivity contribution is 5.89. The highest BCUT2D eigenvalue weighted by Crippen LogP contribution is 2.46. The van der Waals surface area contributed by atoms with Gasteiger partial charge in [0.05, 0.1) is 11.0 Å². The summed E-state index contributed by atoms with van der Waals surface area (Å²) < 4.78 is 0. The first-order valence-corrected chi connectivity index (χ1v) is 8.29. The molecule has 4 nitrogen and oxygen atoms in total. The maximum atomic E-state index is 13.2. The van der Waals surface area contributed by atoms with Crippen molar-refractivity contribution in [3.05, 3.63) is 35.4 Å². The van der Waals surface area contributed by atoms with Gasteiger partial charge in [-0.15, -0.1) is 0 Å². The standard InChI is InChI=1S/C18H26N2O2/c1-14-5-2-3-6-15(14)18(7-4-8-18)16(21)20-11-9-17(22,13-19)10-12-20/h2-3,5-6,22H,4,7-13,19H2,1H3. The Balaban J connectivity index is 1.80. The van der Waals surface area contributed by atoms with E-state index in [2.05, 4.69) is 19.1 Å². The van der Waals surface area contributed by atoms with E-state index in [1.165, 1.54) is 11.1 Å². The van der Waals surface area contributed by atoms with Crippen LogP contribution in [0.3, 0.4) is 0 Å². The number of piperidine rings is 1. The summed E-state index contributed by atoms with van der Waals surface area (Å²) in [4.78, 5) is 15.1. The van der Waals surface area contributed by atoms with Crippen molar-refractivity contribution < 1.29 is 9.90 Å². The molecule has 1 aliphatic carbocycles. The summed E-state index contributed by atoms with van der Waals surface area (Å²) in [7, 11) is 0. The Bertz CT molecular complexity index is 558. The van der Waals surface area contributed by atoms with E-state index in [0.29, 0.717) is 25.9 Å². The lowest BCUT2D eigenvalue weighted by molar-refractivity contribution is -0.145. The molecular formula is C18H26N2O2. The zero-order chi connectivity index (χ0) is 15.8. The number of benzene rings is 1. The SMILES string of the molecule is Cc1ccccc1C1(C(=O)N2CCC(O)(CN)CC2)CCC1.